The molecule has 29 heavy (non-hydrogen) atoms. The van der Waals surface area contributed by atoms with E-state index in [1.807, 2.05) is 0 Å². The Morgan fingerprint density at radius 3 is 2.69 bits per heavy atom. The van der Waals surface area contributed by atoms with Crippen LogP contribution in [0, 0.1) is 11.6 Å². The molecule has 0 unspecified atom stereocenters. The topological polar surface area (TPSA) is 75.6 Å². The molecule has 1 N–H and O–H groups in total. The van der Waals surface area contributed by atoms with Crippen LogP contribution in [0.4, 0.5) is 19.4 Å². The van der Waals surface area contributed by atoms with E-state index >= 15 is 0 Å². The first-order valence-electron chi connectivity index (χ1n) is 9.37. The van der Waals surface area contributed by atoms with Crippen LogP contribution in [-0.2, 0) is 0 Å². The highest BCUT2D eigenvalue weighted by Crippen LogP contribution is 2.35. The van der Waals surface area contributed by atoms with Crippen LogP contribution in [0.25, 0.3) is 22.3 Å². The predicted molar refractivity (Wildman–Crippen MR) is 104 cm³/mol. The maximum Gasteiger partial charge on any atom is 0.511 e. The summed E-state index contributed by atoms with van der Waals surface area (Å²) in [6, 6.07) is 8.07. The Morgan fingerprint density at radius 2 is 1.97 bits per heavy atom. The quantitative estimate of drug-likeness (QED) is 0.493. The van der Waals surface area contributed by atoms with Gasteiger partial charge in [-0.15, -0.1) is 0 Å². The molecule has 0 amide bonds. The lowest BCUT2D eigenvalue weighted by molar-refractivity contribution is 0.144. The summed E-state index contributed by atoms with van der Waals surface area (Å²) in [5, 5.41) is 8.84. The van der Waals surface area contributed by atoms with Crippen LogP contribution in [-0.4, -0.2) is 33.8 Å². The zero-order chi connectivity index (χ0) is 20.5. The van der Waals surface area contributed by atoms with Gasteiger partial charge in [0.25, 0.3) is 0 Å². The van der Waals surface area contributed by atoms with E-state index < -0.39 is 17.8 Å². The Labute approximate surface area is 165 Å². The molecule has 3 aromatic rings. The maximum atomic E-state index is 14.6. The molecule has 0 spiro atoms. The van der Waals surface area contributed by atoms with E-state index in [1.165, 1.54) is 24.3 Å². The summed E-state index contributed by atoms with van der Waals surface area (Å²) in [6.07, 6.45) is 1.60. The van der Waals surface area contributed by atoms with Gasteiger partial charge in [0.1, 0.15) is 23.1 Å². The van der Waals surface area contributed by atoms with E-state index in [2.05, 4.69) is 21.8 Å². The minimum atomic E-state index is -1.42. The van der Waals surface area contributed by atoms with Gasteiger partial charge in [-0.3, -0.25) is 0 Å². The van der Waals surface area contributed by atoms with Crippen molar-refractivity contribution in [2.45, 2.75) is 32.2 Å². The number of hydrogen-bond acceptors (Lipinski definition) is 5. The van der Waals surface area contributed by atoms with Crippen LogP contribution in [0.1, 0.15) is 26.2 Å². The van der Waals surface area contributed by atoms with Crippen molar-refractivity contribution < 1.29 is 23.4 Å². The summed E-state index contributed by atoms with van der Waals surface area (Å²) >= 11 is 0. The molecule has 1 fully saturated rings. The number of carboxylic acid groups (broad SMARTS) is 1. The number of hydrogen-bond donors (Lipinski definition) is 1. The molecule has 0 aliphatic carbocycles. The fourth-order valence-corrected chi connectivity index (χ4v) is 3.66. The molecule has 2 aromatic carbocycles. The van der Waals surface area contributed by atoms with Crippen molar-refractivity contribution in [1.29, 1.82) is 0 Å². The number of benzene rings is 2. The lowest BCUT2D eigenvalue weighted by Gasteiger charge is -2.35. The molecule has 0 radical (unpaired) electrons. The second kappa shape index (κ2) is 7.62. The van der Waals surface area contributed by atoms with Gasteiger partial charge in [-0.2, -0.15) is 0 Å². The molecule has 2 heterocycles. The third-order valence-corrected chi connectivity index (χ3v) is 5.08. The van der Waals surface area contributed by atoms with Gasteiger partial charge in [0.15, 0.2) is 5.82 Å². The molecule has 8 heteroatoms. The Bertz CT molecular complexity index is 1090. The molecule has 1 aromatic heterocycles. The second-order valence-electron chi connectivity index (χ2n) is 7.08. The Kier molecular flexibility index (Phi) is 5.00. The van der Waals surface area contributed by atoms with Crippen LogP contribution < -0.4 is 9.64 Å². The zero-order valence-electron chi connectivity index (χ0n) is 15.7. The maximum absolute atomic E-state index is 14.6. The minimum Gasteiger partial charge on any atom is -0.449 e. The van der Waals surface area contributed by atoms with Crippen LogP contribution in [0.5, 0.6) is 5.75 Å². The number of carbonyl (C=O) groups is 1. The fraction of sp³-hybridized carbons (Fsp3) is 0.286. The average Bonchev–Trinajstić information content (AvgIpc) is 2.67. The van der Waals surface area contributed by atoms with Gasteiger partial charge in [0, 0.05) is 30.3 Å². The van der Waals surface area contributed by atoms with Crippen LogP contribution >= 0.6 is 0 Å². The summed E-state index contributed by atoms with van der Waals surface area (Å²) < 4.78 is 32.7. The standard InChI is InChI=1S/C21H19F2N3O3/c1-12-4-2-3-9-26(12)20-19(15-7-5-13(22)10-16(15)23)24-17-8-6-14(29-21(27)28)11-18(17)25-20/h5-8,10-12H,2-4,9H2,1H3,(H,27,28)/t12-/m0/s1. The van der Waals surface area contributed by atoms with Crippen molar-refractivity contribution in [3.05, 3.63) is 48.0 Å². The molecule has 0 saturated carbocycles. The normalized spacial score (nSPS) is 16.8. The van der Waals surface area contributed by atoms with Gasteiger partial charge >= 0.3 is 6.16 Å². The van der Waals surface area contributed by atoms with E-state index in [1.54, 1.807) is 6.07 Å². The largest absolute Gasteiger partial charge is 0.511 e. The number of aromatic nitrogens is 2. The molecular formula is C21H19F2N3O3. The third-order valence-electron chi connectivity index (χ3n) is 5.08. The number of piperidine rings is 1. The van der Waals surface area contributed by atoms with Gasteiger partial charge in [0.05, 0.1) is 11.0 Å². The minimum absolute atomic E-state index is 0.123. The first-order chi connectivity index (χ1) is 13.9. The first kappa shape index (κ1) is 19.0. The van der Waals surface area contributed by atoms with Gasteiger partial charge < -0.3 is 14.7 Å². The summed E-state index contributed by atoms with van der Waals surface area (Å²) in [4.78, 5) is 22.2. The Hall–Kier alpha value is -3.29. The number of anilines is 1. The van der Waals surface area contributed by atoms with Crippen molar-refractivity contribution in [3.63, 3.8) is 0 Å². The fourth-order valence-electron chi connectivity index (χ4n) is 3.66. The number of ether oxygens (including phenoxy) is 1. The van der Waals surface area contributed by atoms with Crippen molar-refractivity contribution in [2.24, 2.45) is 0 Å². The lowest BCUT2D eigenvalue weighted by atomic mass is 10.0. The number of rotatable bonds is 3. The smallest absolute Gasteiger partial charge is 0.449 e. The monoisotopic (exact) mass is 399 g/mol. The van der Waals surface area contributed by atoms with E-state index in [0.717, 1.165) is 31.9 Å². The van der Waals surface area contributed by atoms with E-state index in [9.17, 15) is 13.6 Å². The number of halogens is 2. The van der Waals surface area contributed by atoms with Crippen LogP contribution in [0.15, 0.2) is 36.4 Å². The van der Waals surface area contributed by atoms with Crippen molar-refractivity contribution >= 4 is 23.0 Å². The molecule has 4 rings (SSSR count). The SMILES string of the molecule is C[C@H]1CCCCN1c1nc2cc(OC(=O)O)ccc2nc1-c1ccc(F)cc1F. The average molecular weight is 399 g/mol. The van der Waals surface area contributed by atoms with Gasteiger partial charge in [-0.1, -0.05) is 0 Å². The third kappa shape index (κ3) is 3.83. The highest BCUT2D eigenvalue weighted by atomic mass is 19.1. The molecule has 1 aliphatic heterocycles. The Balaban J connectivity index is 1.92. The van der Waals surface area contributed by atoms with E-state index in [4.69, 9.17) is 9.84 Å². The second-order valence-corrected chi connectivity index (χ2v) is 7.08. The van der Waals surface area contributed by atoms with Crippen LogP contribution in [0.3, 0.4) is 0 Å². The summed E-state index contributed by atoms with van der Waals surface area (Å²) in [6.45, 7) is 2.81. The molecule has 6 nitrogen and oxygen atoms in total. The number of fused-ring (bicyclic) bond motifs is 1. The van der Waals surface area contributed by atoms with E-state index in [0.29, 0.717) is 22.5 Å². The highest BCUT2D eigenvalue weighted by Gasteiger charge is 2.25. The molecule has 0 bridgehead atoms. The summed E-state index contributed by atoms with van der Waals surface area (Å²) in [7, 11) is 0. The van der Waals surface area contributed by atoms with E-state index in [-0.39, 0.29) is 17.4 Å². The zero-order valence-corrected chi connectivity index (χ0v) is 15.7. The highest BCUT2D eigenvalue weighted by molar-refractivity contribution is 5.85. The van der Waals surface area contributed by atoms with Crippen molar-refractivity contribution in [2.75, 3.05) is 11.4 Å². The molecular weight excluding hydrogens is 380 g/mol. The lowest BCUT2D eigenvalue weighted by Crippen LogP contribution is -2.38. The van der Waals surface area contributed by atoms with Gasteiger partial charge in [0.2, 0.25) is 0 Å². The molecule has 1 saturated heterocycles. The van der Waals surface area contributed by atoms with Gasteiger partial charge in [-0.25, -0.2) is 23.5 Å². The molecule has 1 atom stereocenters. The summed E-state index contributed by atoms with van der Waals surface area (Å²) in [5.41, 5.74) is 1.38. The Morgan fingerprint density at radius 1 is 1.14 bits per heavy atom. The molecule has 150 valence electrons. The van der Waals surface area contributed by atoms with Crippen LogP contribution in [0.2, 0.25) is 0 Å². The summed E-state index contributed by atoms with van der Waals surface area (Å²) in [5.74, 6) is -0.765. The predicted octanol–water partition coefficient (Wildman–Crippen LogP) is 5.01. The first-order valence-corrected chi connectivity index (χ1v) is 9.37. The van der Waals surface area contributed by atoms with Crippen molar-refractivity contribution in [1.82, 2.24) is 9.97 Å². The van der Waals surface area contributed by atoms with Gasteiger partial charge in [-0.05, 0) is 50.5 Å². The molecule has 1 aliphatic rings. The number of nitrogens with zero attached hydrogens (tertiary/aromatic N) is 3. The van der Waals surface area contributed by atoms with Crippen molar-refractivity contribution in [3.8, 4) is 17.0 Å².